The number of hydrogen-bond donors (Lipinski definition) is 1. The molecule has 1 aromatic carbocycles. The van der Waals surface area contributed by atoms with Gasteiger partial charge in [0, 0.05) is 19.8 Å². The molecule has 2 rings (SSSR count). The van der Waals surface area contributed by atoms with Crippen molar-refractivity contribution in [3.8, 4) is 0 Å². The first-order valence-electron chi connectivity index (χ1n) is 7.60. The van der Waals surface area contributed by atoms with E-state index in [9.17, 15) is 15.1 Å². The molecule has 0 bridgehead atoms. The van der Waals surface area contributed by atoms with Gasteiger partial charge < -0.3 is 10.3 Å². The van der Waals surface area contributed by atoms with Crippen LogP contribution in [0.3, 0.4) is 0 Å². The van der Waals surface area contributed by atoms with E-state index in [2.05, 4.69) is 6.92 Å². The summed E-state index contributed by atoms with van der Waals surface area (Å²) in [6.07, 6.45) is 4.32. The number of nitrogens with zero attached hydrogens (tertiary/aromatic N) is 2. The van der Waals surface area contributed by atoms with Crippen molar-refractivity contribution in [2.24, 2.45) is 0 Å². The van der Waals surface area contributed by atoms with Crippen LogP contribution in [0.15, 0.2) is 36.7 Å². The highest BCUT2D eigenvalue weighted by Gasteiger charge is 2.29. The summed E-state index contributed by atoms with van der Waals surface area (Å²) in [5, 5.41) is 21.6. The fourth-order valence-corrected chi connectivity index (χ4v) is 2.67. The second kappa shape index (κ2) is 7.11. The van der Waals surface area contributed by atoms with E-state index in [1.807, 2.05) is 37.3 Å². The second-order valence-electron chi connectivity index (χ2n) is 5.53. The van der Waals surface area contributed by atoms with E-state index in [0.717, 1.165) is 28.8 Å². The first-order chi connectivity index (χ1) is 10.5. The van der Waals surface area contributed by atoms with Gasteiger partial charge in [0.15, 0.2) is 0 Å². The molecule has 0 saturated carbocycles. The van der Waals surface area contributed by atoms with Gasteiger partial charge in [-0.05, 0) is 12.0 Å². The number of aliphatic carboxylic acids is 1. The molecule has 0 saturated heterocycles. The van der Waals surface area contributed by atoms with Crippen LogP contribution in [0.4, 0.5) is 0 Å². The monoisotopic (exact) mass is 302 g/mol. The minimum atomic E-state index is -0.926. The summed E-state index contributed by atoms with van der Waals surface area (Å²) in [4.78, 5) is 11.7. The van der Waals surface area contributed by atoms with Crippen LogP contribution in [0.25, 0.3) is 0 Å². The quantitative estimate of drug-likeness (QED) is 0.631. The first-order valence-corrected chi connectivity index (χ1v) is 7.60. The summed E-state index contributed by atoms with van der Waals surface area (Å²) in [5.74, 6) is -0.926. The number of benzene rings is 1. The SMILES string of the molecule is CCCCc1c(C)n(C(Cc2ccccc2)C(=O)O)c[n+]1[O-]. The topological polar surface area (TPSA) is 69.2 Å². The highest BCUT2D eigenvalue weighted by molar-refractivity contribution is 5.72. The summed E-state index contributed by atoms with van der Waals surface area (Å²) < 4.78 is 2.40. The third kappa shape index (κ3) is 3.47. The molecule has 1 heterocycles. The number of carbonyl (C=O) groups is 1. The predicted molar refractivity (Wildman–Crippen MR) is 83.6 cm³/mol. The Hall–Kier alpha value is -2.30. The standard InChI is InChI=1S/C17H22N2O3/c1-3-4-10-15-13(2)18(12-19(15)22)16(17(20)21)11-14-8-6-5-7-9-14/h5-9,12,16H,3-4,10-11H2,1-2H3,(H,20,21). The fraction of sp³-hybridized carbons (Fsp3) is 0.412. The third-order valence-electron chi connectivity index (χ3n) is 3.96. The van der Waals surface area contributed by atoms with E-state index in [1.54, 1.807) is 4.57 Å². The van der Waals surface area contributed by atoms with Gasteiger partial charge in [0.25, 0.3) is 0 Å². The molecule has 0 radical (unpaired) electrons. The Bertz CT molecular complexity index is 635. The van der Waals surface area contributed by atoms with Crippen molar-refractivity contribution in [2.45, 2.75) is 45.6 Å². The molecular formula is C17H22N2O3. The average molecular weight is 302 g/mol. The van der Waals surface area contributed by atoms with Gasteiger partial charge in [0.05, 0.1) is 0 Å². The zero-order valence-electron chi connectivity index (χ0n) is 13.0. The lowest BCUT2D eigenvalue weighted by molar-refractivity contribution is -0.613. The van der Waals surface area contributed by atoms with Crippen molar-refractivity contribution in [1.29, 1.82) is 0 Å². The molecule has 5 nitrogen and oxygen atoms in total. The Morgan fingerprint density at radius 1 is 1.36 bits per heavy atom. The Labute approximate surface area is 130 Å². The molecule has 118 valence electrons. The summed E-state index contributed by atoms with van der Waals surface area (Å²) in [6.45, 7) is 3.89. The fourth-order valence-electron chi connectivity index (χ4n) is 2.67. The zero-order valence-corrected chi connectivity index (χ0v) is 13.0. The van der Waals surface area contributed by atoms with Crippen LogP contribution in [-0.4, -0.2) is 15.6 Å². The molecule has 0 aliphatic rings. The first kappa shape index (κ1) is 16.1. The van der Waals surface area contributed by atoms with E-state index < -0.39 is 12.0 Å². The number of hydrogen-bond acceptors (Lipinski definition) is 2. The van der Waals surface area contributed by atoms with Crippen LogP contribution in [0.1, 0.15) is 42.8 Å². The maximum atomic E-state index is 12.0. The summed E-state index contributed by atoms with van der Waals surface area (Å²) in [5.41, 5.74) is 2.35. The smallest absolute Gasteiger partial charge is 0.349 e. The molecule has 1 aromatic heterocycles. The van der Waals surface area contributed by atoms with Crippen LogP contribution in [0.5, 0.6) is 0 Å². The minimum Gasteiger partial charge on any atom is -0.711 e. The minimum absolute atomic E-state index is 0.360. The van der Waals surface area contributed by atoms with Crippen LogP contribution in [-0.2, 0) is 17.6 Å². The molecular weight excluding hydrogens is 280 g/mol. The molecule has 2 aromatic rings. The molecule has 0 spiro atoms. The number of aromatic nitrogens is 2. The lowest BCUT2D eigenvalue weighted by Gasteiger charge is -2.10. The van der Waals surface area contributed by atoms with Gasteiger partial charge >= 0.3 is 5.97 Å². The highest BCUT2D eigenvalue weighted by Crippen LogP contribution is 2.19. The van der Waals surface area contributed by atoms with Crippen LogP contribution in [0.2, 0.25) is 0 Å². The Balaban J connectivity index is 2.31. The summed E-state index contributed by atoms with van der Waals surface area (Å²) in [7, 11) is 0. The van der Waals surface area contributed by atoms with Crippen molar-refractivity contribution in [3.63, 3.8) is 0 Å². The third-order valence-corrected chi connectivity index (χ3v) is 3.96. The number of rotatable bonds is 7. The van der Waals surface area contributed by atoms with Crippen molar-refractivity contribution < 1.29 is 14.6 Å². The molecule has 0 amide bonds. The molecule has 5 heteroatoms. The Morgan fingerprint density at radius 2 is 2.05 bits per heavy atom. The van der Waals surface area contributed by atoms with Gasteiger partial charge in [-0.2, -0.15) is 0 Å². The molecule has 1 unspecified atom stereocenters. The number of carboxylic acid groups (broad SMARTS) is 1. The van der Waals surface area contributed by atoms with E-state index >= 15 is 0 Å². The highest BCUT2D eigenvalue weighted by atomic mass is 16.5. The van der Waals surface area contributed by atoms with Gasteiger partial charge in [0.1, 0.15) is 11.4 Å². The van der Waals surface area contributed by atoms with Crippen molar-refractivity contribution >= 4 is 5.97 Å². The summed E-state index contributed by atoms with van der Waals surface area (Å²) >= 11 is 0. The molecule has 0 fully saturated rings. The van der Waals surface area contributed by atoms with E-state index in [-0.39, 0.29) is 0 Å². The van der Waals surface area contributed by atoms with E-state index in [0.29, 0.717) is 18.5 Å². The lowest BCUT2D eigenvalue weighted by atomic mass is 10.1. The second-order valence-corrected chi connectivity index (χ2v) is 5.53. The Morgan fingerprint density at radius 3 is 2.64 bits per heavy atom. The van der Waals surface area contributed by atoms with Crippen molar-refractivity contribution in [1.82, 2.24) is 4.57 Å². The maximum absolute atomic E-state index is 12.0. The van der Waals surface area contributed by atoms with Gasteiger partial charge in [-0.3, -0.25) is 0 Å². The van der Waals surface area contributed by atoms with Crippen LogP contribution >= 0.6 is 0 Å². The van der Waals surface area contributed by atoms with E-state index in [4.69, 9.17) is 0 Å². The van der Waals surface area contributed by atoms with Crippen LogP contribution < -0.4 is 4.73 Å². The lowest BCUT2D eigenvalue weighted by Crippen LogP contribution is -2.29. The molecule has 0 aliphatic heterocycles. The van der Waals surface area contributed by atoms with E-state index in [1.165, 1.54) is 6.33 Å². The summed E-state index contributed by atoms with van der Waals surface area (Å²) in [6, 6.07) is 8.71. The number of carboxylic acids is 1. The predicted octanol–water partition coefficient (Wildman–Crippen LogP) is 2.64. The number of unbranched alkanes of at least 4 members (excludes halogenated alkanes) is 1. The normalized spacial score (nSPS) is 12.3. The molecule has 1 N–H and O–H groups in total. The molecule has 0 aliphatic carbocycles. The maximum Gasteiger partial charge on any atom is 0.349 e. The molecule has 22 heavy (non-hydrogen) atoms. The Kier molecular flexibility index (Phi) is 5.20. The van der Waals surface area contributed by atoms with Gasteiger partial charge in [-0.25, -0.2) is 14.1 Å². The average Bonchev–Trinajstić information content (AvgIpc) is 2.78. The van der Waals surface area contributed by atoms with Gasteiger partial charge in [-0.1, -0.05) is 43.7 Å². The zero-order chi connectivity index (χ0) is 16.1. The van der Waals surface area contributed by atoms with Crippen molar-refractivity contribution in [3.05, 3.63) is 58.8 Å². The van der Waals surface area contributed by atoms with Crippen LogP contribution in [0, 0.1) is 12.1 Å². The largest absolute Gasteiger partial charge is 0.711 e. The van der Waals surface area contributed by atoms with Gasteiger partial charge in [0.2, 0.25) is 12.4 Å². The van der Waals surface area contributed by atoms with Crippen molar-refractivity contribution in [2.75, 3.05) is 0 Å². The molecule has 1 atom stereocenters. The number of imidazole rings is 1. The van der Waals surface area contributed by atoms with Gasteiger partial charge in [-0.15, -0.1) is 0 Å².